The van der Waals surface area contributed by atoms with E-state index in [9.17, 15) is 14.7 Å². The fourth-order valence-electron chi connectivity index (χ4n) is 2.97. The molecule has 2 aromatic rings. The minimum absolute atomic E-state index is 0.245. The first-order chi connectivity index (χ1) is 14.1. The summed E-state index contributed by atoms with van der Waals surface area (Å²) in [5.41, 5.74) is 1.74. The average Bonchev–Trinajstić information content (AvgIpc) is 3.01. The molecule has 8 heteroatoms. The Morgan fingerprint density at radius 3 is 2.20 bits per heavy atom. The van der Waals surface area contributed by atoms with Crippen molar-refractivity contribution in [2.75, 3.05) is 13.2 Å². The average molecular weight is 434 g/mol. The number of aryl methyl sites for hydroxylation is 1. The third-order valence-electron chi connectivity index (χ3n) is 4.93. The highest BCUT2D eigenvalue weighted by Gasteiger charge is 2.55. The number of ether oxygens (including phenoxy) is 3. The molecule has 0 aromatic heterocycles. The Morgan fingerprint density at radius 1 is 1.07 bits per heavy atom. The van der Waals surface area contributed by atoms with E-state index >= 15 is 0 Å². The van der Waals surface area contributed by atoms with Crippen molar-refractivity contribution < 1.29 is 28.9 Å². The van der Waals surface area contributed by atoms with E-state index in [0.717, 1.165) is 11.1 Å². The van der Waals surface area contributed by atoms with E-state index in [4.69, 9.17) is 25.8 Å². The molecule has 0 spiro atoms. The Kier molecular flexibility index (Phi) is 6.36. The van der Waals surface area contributed by atoms with Crippen molar-refractivity contribution in [1.29, 1.82) is 0 Å². The molecule has 1 aliphatic heterocycles. The van der Waals surface area contributed by atoms with E-state index in [1.54, 1.807) is 24.3 Å². The van der Waals surface area contributed by atoms with E-state index in [-0.39, 0.29) is 13.2 Å². The molecular weight excluding hydrogens is 410 g/mol. The van der Waals surface area contributed by atoms with Gasteiger partial charge < -0.3 is 19.3 Å². The molecular formula is C22H24ClNO6. The molecule has 1 fully saturated rings. The SMILES string of the molecule is Cc1ccc(C(C)(C)CNC2(C(O)COc3ccc(Cl)cc3)OC(=O)C(=O)O2)cc1. The van der Waals surface area contributed by atoms with Crippen LogP contribution in [-0.2, 0) is 24.5 Å². The molecule has 0 radical (unpaired) electrons. The molecule has 2 N–H and O–H groups in total. The Bertz CT molecular complexity index is 894. The molecule has 1 atom stereocenters. The van der Waals surface area contributed by atoms with E-state index in [1.807, 2.05) is 45.0 Å². The maximum atomic E-state index is 11.7. The summed E-state index contributed by atoms with van der Waals surface area (Å²) in [5, 5.41) is 14.1. The van der Waals surface area contributed by atoms with Crippen LogP contribution in [0.5, 0.6) is 5.75 Å². The molecule has 0 amide bonds. The van der Waals surface area contributed by atoms with Crippen molar-refractivity contribution in [3.63, 3.8) is 0 Å². The van der Waals surface area contributed by atoms with Gasteiger partial charge in [0.05, 0.1) is 0 Å². The molecule has 0 saturated carbocycles. The van der Waals surface area contributed by atoms with Crippen LogP contribution in [0.2, 0.25) is 5.02 Å². The monoisotopic (exact) mass is 433 g/mol. The number of carbonyl (C=O) groups is 2. The first kappa shape index (κ1) is 22.1. The number of hydrogen-bond donors (Lipinski definition) is 2. The van der Waals surface area contributed by atoms with Crippen LogP contribution in [0.1, 0.15) is 25.0 Å². The second kappa shape index (κ2) is 8.63. The minimum atomic E-state index is -2.04. The number of nitrogens with one attached hydrogen (secondary N) is 1. The van der Waals surface area contributed by atoms with Crippen molar-refractivity contribution in [2.24, 2.45) is 0 Å². The summed E-state index contributed by atoms with van der Waals surface area (Å²) in [7, 11) is 0. The van der Waals surface area contributed by atoms with Crippen molar-refractivity contribution >= 4 is 23.5 Å². The summed E-state index contributed by atoms with van der Waals surface area (Å²) in [6.45, 7) is 5.91. The molecule has 1 heterocycles. The van der Waals surface area contributed by atoms with Gasteiger partial charge in [-0.3, -0.25) is 0 Å². The minimum Gasteiger partial charge on any atom is -0.491 e. The number of cyclic esters (lactones) is 2. The first-order valence-corrected chi connectivity index (χ1v) is 9.84. The summed E-state index contributed by atoms with van der Waals surface area (Å²) in [4.78, 5) is 23.5. The van der Waals surface area contributed by atoms with E-state index in [0.29, 0.717) is 10.8 Å². The summed E-state index contributed by atoms with van der Waals surface area (Å²) in [6.07, 6.45) is -1.47. The number of esters is 2. The molecule has 1 unspecified atom stereocenters. The Hall–Kier alpha value is -2.61. The molecule has 1 aliphatic rings. The summed E-state index contributed by atoms with van der Waals surface area (Å²) in [6, 6.07) is 14.5. The Labute approximate surface area is 179 Å². The predicted octanol–water partition coefficient (Wildman–Crippen LogP) is 2.71. The molecule has 160 valence electrons. The summed E-state index contributed by atoms with van der Waals surface area (Å²) < 4.78 is 15.7. The summed E-state index contributed by atoms with van der Waals surface area (Å²) >= 11 is 5.85. The normalized spacial score (nSPS) is 16.7. The van der Waals surface area contributed by atoms with Crippen LogP contribution in [0, 0.1) is 6.92 Å². The van der Waals surface area contributed by atoms with Gasteiger partial charge in [0.2, 0.25) is 0 Å². The number of benzene rings is 2. The Balaban J connectivity index is 1.73. The lowest BCUT2D eigenvalue weighted by Gasteiger charge is -2.35. The smallest absolute Gasteiger partial charge is 0.422 e. The van der Waals surface area contributed by atoms with Crippen molar-refractivity contribution in [3.05, 3.63) is 64.7 Å². The standard InChI is InChI=1S/C22H24ClNO6/c1-14-4-6-15(7-5-14)21(2,3)13-24-22(29-19(26)20(27)30-22)18(25)12-28-17-10-8-16(23)9-11-17/h4-11,18,24-25H,12-13H2,1-3H3. The highest BCUT2D eigenvalue weighted by molar-refractivity contribution is 6.31. The van der Waals surface area contributed by atoms with Gasteiger partial charge in [0.15, 0.2) is 6.10 Å². The van der Waals surface area contributed by atoms with Crippen molar-refractivity contribution in [2.45, 2.75) is 38.2 Å². The zero-order chi connectivity index (χ0) is 21.9. The molecule has 7 nitrogen and oxygen atoms in total. The lowest BCUT2D eigenvalue weighted by Crippen LogP contribution is -2.60. The second-order valence-electron chi connectivity index (χ2n) is 7.83. The number of carbonyl (C=O) groups excluding carboxylic acids is 2. The van der Waals surface area contributed by atoms with Crippen LogP contribution in [0.3, 0.4) is 0 Å². The van der Waals surface area contributed by atoms with Gasteiger partial charge in [-0.2, -0.15) is 0 Å². The van der Waals surface area contributed by atoms with Gasteiger partial charge in [-0.1, -0.05) is 55.3 Å². The van der Waals surface area contributed by atoms with Crippen LogP contribution in [0.25, 0.3) is 0 Å². The largest absolute Gasteiger partial charge is 0.491 e. The maximum Gasteiger partial charge on any atom is 0.422 e. The van der Waals surface area contributed by atoms with Crippen LogP contribution in [0.4, 0.5) is 0 Å². The number of rotatable bonds is 8. The Morgan fingerprint density at radius 2 is 1.63 bits per heavy atom. The third-order valence-corrected chi connectivity index (χ3v) is 5.18. The number of aliphatic hydroxyl groups is 1. The molecule has 3 rings (SSSR count). The molecule has 2 aromatic carbocycles. The van der Waals surface area contributed by atoms with E-state index in [1.165, 1.54) is 0 Å². The number of halogens is 1. The third kappa shape index (κ3) is 4.92. The summed E-state index contributed by atoms with van der Waals surface area (Å²) in [5.74, 6) is -3.95. The van der Waals surface area contributed by atoms with Gasteiger partial charge in [-0.15, -0.1) is 0 Å². The highest BCUT2D eigenvalue weighted by Crippen LogP contribution is 2.28. The second-order valence-corrected chi connectivity index (χ2v) is 8.27. The van der Waals surface area contributed by atoms with Crippen LogP contribution >= 0.6 is 11.6 Å². The van der Waals surface area contributed by atoms with Crippen molar-refractivity contribution in [3.8, 4) is 5.75 Å². The van der Waals surface area contributed by atoms with Crippen LogP contribution in [0.15, 0.2) is 48.5 Å². The van der Waals surface area contributed by atoms with Crippen LogP contribution < -0.4 is 10.1 Å². The van der Waals surface area contributed by atoms with Gasteiger partial charge in [-0.05, 0) is 36.8 Å². The number of hydrogen-bond acceptors (Lipinski definition) is 7. The first-order valence-electron chi connectivity index (χ1n) is 9.46. The fourth-order valence-corrected chi connectivity index (χ4v) is 3.10. The quantitative estimate of drug-likeness (QED) is 0.488. The van der Waals surface area contributed by atoms with E-state index < -0.39 is 29.4 Å². The van der Waals surface area contributed by atoms with Gasteiger partial charge in [-0.25, -0.2) is 14.9 Å². The molecule has 30 heavy (non-hydrogen) atoms. The highest BCUT2D eigenvalue weighted by atomic mass is 35.5. The fraction of sp³-hybridized carbons (Fsp3) is 0.364. The lowest BCUT2D eigenvalue weighted by molar-refractivity contribution is -0.241. The zero-order valence-electron chi connectivity index (χ0n) is 17.0. The van der Waals surface area contributed by atoms with Crippen LogP contribution in [-0.4, -0.2) is 42.2 Å². The van der Waals surface area contributed by atoms with Gasteiger partial charge in [0, 0.05) is 17.0 Å². The van der Waals surface area contributed by atoms with Gasteiger partial charge in [0.1, 0.15) is 12.4 Å². The van der Waals surface area contributed by atoms with Crippen molar-refractivity contribution in [1.82, 2.24) is 5.32 Å². The zero-order valence-corrected chi connectivity index (χ0v) is 17.7. The lowest BCUT2D eigenvalue weighted by atomic mass is 9.84. The topological polar surface area (TPSA) is 94.1 Å². The van der Waals surface area contributed by atoms with E-state index in [2.05, 4.69) is 5.32 Å². The number of aliphatic hydroxyl groups excluding tert-OH is 1. The van der Waals surface area contributed by atoms with Gasteiger partial charge in [0.25, 0.3) is 0 Å². The maximum absolute atomic E-state index is 11.7. The predicted molar refractivity (Wildman–Crippen MR) is 110 cm³/mol. The molecule has 1 saturated heterocycles. The molecule has 0 aliphatic carbocycles. The van der Waals surface area contributed by atoms with Gasteiger partial charge >= 0.3 is 17.8 Å². The molecule has 0 bridgehead atoms.